The number of hydrogen-bond donors (Lipinski definition) is 1. The Morgan fingerprint density at radius 3 is 2.38 bits per heavy atom. The molecule has 1 aliphatic carbocycles. The highest BCUT2D eigenvalue weighted by Crippen LogP contribution is 2.51. The molecule has 164 valence electrons. The number of ether oxygens (including phenoxy) is 1. The fourth-order valence-corrected chi connectivity index (χ4v) is 4.56. The molecule has 0 saturated heterocycles. The molecule has 4 rings (SSSR count). The fraction of sp³-hybridized carbons (Fsp3) is 0.296. The fourth-order valence-electron chi connectivity index (χ4n) is 4.56. The molecule has 2 aromatic carbocycles. The molecule has 0 bridgehead atoms. The lowest BCUT2D eigenvalue weighted by atomic mass is 9.66. The Morgan fingerprint density at radius 2 is 1.75 bits per heavy atom. The summed E-state index contributed by atoms with van der Waals surface area (Å²) in [5, 5.41) is 9.87. The smallest absolute Gasteiger partial charge is 0.205 e. The summed E-state index contributed by atoms with van der Waals surface area (Å²) >= 11 is 0. The Labute approximate surface area is 187 Å². The molecule has 0 spiro atoms. The molecule has 2 unspecified atom stereocenters. The van der Waals surface area contributed by atoms with E-state index in [1.54, 1.807) is 12.1 Å². The van der Waals surface area contributed by atoms with Crippen molar-refractivity contribution in [3.8, 4) is 6.07 Å². The van der Waals surface area contributed by atoms with Crippen LogP contribution in [0.25, 0.3) is 6.08 Å². The summed E-state index contributed by atoms with van der Waals surface area (Å²) in [6, 6.07) is 14.8. The van der Waals surface area contributed by atoms with Gasteiger partial charge in [0.1, 0.15) is 29.0 Å². The molecule has 0 amide bonds. The van der Waals surface area contributed by atoms with Crippen molar-refractivity contribution in [3.63, 3.8) is 0 Å². The van der Waals surface area contributed by atoms with E-state index in [2.05, 4.69) is 26.8 Å². The van der Waals surface area contributed by atoms with Crippen LogP contribution in [-0.4, -0.2) is 0 Å². The second kappa shape index (κ2) is 8.27. The quantitative estimate of drug-likeness (QED) is 0.584. The summed E-state index contributed by atoms with van der Waals surface area (Å²) in [5.74, 6) is -0.281. The third-order valence-electron chi connectivity index (χ3n) is 6.35. The predicted octanol–water partition coefficient (Wildman–Crippen LogP) is 6.57. The Kier molecular flexibility index (Phi) is 5.64. The van der Waals surface area contributed by atoms with E-state index >= 15 is 0 Å². The number of rotatable bonds is 2. The predicted molar refractivity (Wildman–Crippen MR) is 121 cm³/mol. The number of hydrogen-bond acceptors (Lipinski definition) is 3. The summed E-state index contributed by atoms with van der Waals surface area (Å²) in [6.07, 6.45) is 3.34. The zero-order chi connectivity index (χ0) is 23.0. The Balaban J connectivity index is 1.92. The Hall–Kier alpha value is -3.39. The largest absolute Gasteiger partial charge is 0.440 e. The topological polar surface area (TPSA) is 59.0 Å². The van der Waals surface area contributed by atoms with E-state index in [9.17, 15) is 14.0 Å². The van der Waals surface area contributed by atoms with Crippen LogP contribution in [0.3, 0.4) is 0 Å². The van der Waals surface area contributed by atoms with Crippen molar-refractivity contribution in [2.75, 3.05) is 0 Å². The minimum atomic E-state index is -0.486. The SMILES string of the molecule is CC(C)(C)C1CC(=Cc2cccc(F)c2)C2=C(C1)C(c1cccc(F)c1)C(C#N)=C(N)O2. The summed E-state index contributed by atoms with van der Waals surface area (Å²) in [5.41, 5.74) is 9.65. The van der Waals surface area contributed by atoms with Crippen molar-refractivity contribution in [1.29, 1.82) is 5.26 Å². The molecule has 1 heterocycles. The molecule has 5 heteroatoms. The van der Waals surface area contributed by atoms with Gasteiger partial charge in [-0.25, -0.2) is 8.78 Å². The number of nitriles is 1. The maximum atomic E-state index is 14.1. The van der Waals surface area contributed by atoms with Crippen molar-refractivity contribution in [2.45, 2.75) is 39.5 Å². The molecule has 2 atom stereocenters. The molecule has 0 saturated carbocycles. The second-order valence-corrected chi connectivity index (χ2v) is 9.53. The lowest BCUT2D eigenvalue weighted by molar-refractivity contribution is 0.200. The van der Waals surface area contributed by atoms with Crippen molar-refractivity contribution < 1.29 is 13.5 Å². The number of halogens is 2. The zero-order valence-electron chi connectivity index (χ0n) is 18.5. The third-order valence-corrected chi connectivity index (χ3v) is 6.35. The van der Waals surface area contributed by atoms with Gasteiger partial charge in [0.25, 0.3) is 0 Å². The van der Waals surface area contributed by atoms with Gasteiger partial charge in [-0.3, -0.25) is 0 Å². The summed E-state index contributed by atoms with van der Waals surface area (Å²) in [4.78, 5) is 0. The second-order valence-electron chi connectivity index (χ2n) is 9.53. The van der Waals surface area contributed by atoms with Crippen LogP contribution in [0.4, 0.5) is 8.78 Å². The van der Waals surface area contributed by atoms with Gasteiger partial charge in [0, 0.05) is 5.92 Å². The molecule has 0 aromatic heterocycles. The molecule has 3 nitrogen and oxygen atoms in total. The first-order valence-electron chi connectivity index (χ1n) is 10.7. The van der Waals surface area contributed by atoms with Gasteiger partial charge in [-0.05, 0) is 76.8 Å². The molecule has 2 aromatic rings. The highest BCUT2D eigenvalue weighted by Gasteiger charge is 2.41. The van der Waals surface area contributed by atoms with Crippen molar-refractivity contribution in [3.05, 3.63) is 99.7 Å². The molecule has 0 radical (unpaired) electrons. The maximum absolute atomic E-state index is 14.1. The van der Waals surface area contributed by atoms with E-state index in [-0.39, 0.29) is 34.4 Å². The Morgan fingerprint density at radius 1 is 1.06 bits per heavy atom. The minimum Gasteiger partial charge on any atom is -0.440 e. The van der Waals surface area contributed by atoms with Gasteiger partial charge in [-0.1, -0.05) is 45.0 Å². The molecule has 2 aliphatic rings. The lowest BCUT2D eigenvalue weighted by Gasteiger charge is -2.41. The molecular weight excluding hydrogens is 406 g/mol. The van der Waals surface area contributed by atoms with Crippen LogP contribution in [0.2, 0.25) is 0 Å². The summed E-state index contributed by atoms with van der Waals surface area (Å²) in [7, 11) is 0. The average molecular weight is 433 g/mol. The van der Waals surface area contributed by atoms with E-state index < -0.39 is 5.92 Å². The molecule has 2 N–H and O–H groups in total. The molecular formula is C27H26F2N2O. The van der Waals surface area contributed by atoms with E-state index in [1.807, 2.05) is 18.2 Å². The van der Waals surface area contributed by atoms with Gasteiger partial charge >= 0.3 is 0 Å². The lowest BCUT2D eigenvalue weighted by Crippen LogP contribution is -2.31. The first-order chi connectivity index (χ1) is 15.2. The van der Waals surface area contributed by atoms with E-state index in [0.29, 0.717) is 17.7 Å². The molecule has 32 heavy (non-hydrogen) atoms. The van der Waals surface area contributed by atoms with Crippen LogP contribution in [0, 0.1) is 34.3 Å². The van der Waals surface area contributed by atoms with Crippen LogP contribution < -0.4 is 5.73 Å². The average Bonchev–Trinajstić information content (AvgIpc) is 2.72. The zero-order valence-corrected chi connectivity index (χ0v) is 18.5. The third kappa shape index (κ3) is 4.18. The number of nitrogens with zero attached hydrogens (tertiary/aromatic N) is 1. The van der Waals surface area contributed by atoms with Crippen molar-refractivity contribution >= 4 is 6.08 Å². The molecule has 1 aliphatic heterocycles. The summed E-state index contributed by atoms with van der Waals surface area (Å²) < 4.78 is 34.0. The van der Waals surface area contributed by atoms with Gasteiger partial charge in [-0.2, -0.15) is 5.26 Å². The Bertz CT molecular complexity index is 1190. The number of benzene rings is 2. The van der Waals surface area contributed by atoms with Crippen LogP contribution in [0.15, 0.2) is 76.9 Å². The van der Waals surface area contributed by atoms with Crippen LogP contribution in [0.1, 0.15) is 50.7 Å². The normalized spacial score (nSPS) is 22.4. The molecule has 0 fully saturated rings. The van der Waals surface area contributed by atoms with Crippen LogP contribution >= 0.6 is 0 Å². The van der Waals surface area contributed by atoms with Crippen molar-refractivity contribution in [1.82, 2.24) is 0 Å². The van der Waals surface area contributed by atoms with E-state index in [4.69, 9.17) is 10.5 Å². The van der Waals surface area contributed by atoms with Gasteiger partial charge in [-0.15, -0.1) is 0 Å². The van der Waals surface area contributed by atoms with Crippen LogP contribution in [-0.2, 0) is 4.74 Å². The standard InChI is InChI=1S/C27H26F2N2O/c1-27(2,3)19-12-18(10-16-6-4-8-20(28)11-16)25-22(14-19)24(23(15-30)26(31)32-25)17-7-5-9-21(29)13-17/h4-11,13,19,24H,12,14,31H2,1-3H3. The first-order valence-corrected chi connectivity index (χ1v) is 10.7. The monoisotopic (exact) mass is 432 g/mol. The van der Waals surface area contributed by atoms with E-state index in [0.717, 1.165) is 23.1 Å². The van der Waals surface area contributed by atoms with Gasteiger partial charge in [0.15, 0.2) is 0 Å². The van der Waals surface area contributed by atoms with Crippen molar-refractivity contribution in [2.24, 2.45) is 17.1 Å². The summed E-state index contributed by atoms with van der Waals surface area (Å²) in [6.45, 7) is 6.54. The van der Waals surface area contributed by atoms with E-state index in [1.165, 1.54) is 24.3 Å². The minimum absolute atomic E-state index is 0.0223. The number of nitrogens with two attached hydrogens (primary N) is 1. The van der Waals surface area contributed by atoms with Gasteiger partial charge < -0.3 is 10.5 Å². The van der Waals surface area contributed by atoms with Gasteiger partial charge in [0.05, 0.1) is 0 Å². The van der Waals surface area contributed by atoms with Gasteiger partial charge in [0.2, 0.25) is 5.88 Å². The maximum Gasteiger partial charge on any atom is 0.205 e. The highest BCUT2D eigenvalue weighted by atomic mass is 19.1. The first kappa shape index (κ1) is 21.8. The van der Waals surface area contributed by atoms with Crippen LogP contribution in [0.5, 0.6) is 0 Å². The number of allylic oxidation sites excluding steroid dienone is 3. The highest BCUT2D eigenvalue weighted by molar-refractivity contribution is 5.62.